The van der Waals surface area contributed by atoms with E-state index < -0.39 is 0 Å². The van der Waals surface area contributed by atoms with Gasteiger partial charge in [0.15, 0.2) is 0 Å². The van der Waals surface area contributed by atoms with Crippen molar-refractivity contribution in [1.82, 2.24) is 0 Å². The number of carbonyl (C=O) groups is 2. The van der Waals surface area contributed by atoms with Gasteiger partial charge in [0.2, 0.25) is 11.8 Å². The summed E-state index contributed by atoms with van der Waals surface area (Å²) in [5.41, 5.74) is 6.53. The molecule has 1 aliphatic heterocycles. The van der Waals surface area contributed by atoms with Crippen LogP contribution < -0.4 is 10.6 Å². The average molecular weight is 297 g/mol. The molecule has 0 radical (unpaired) electrons. The topological polar surface area (TPSA) is 63.4 Å². The van der Waals surface area contributed by atoms with E-state index in [4.69, 9.17) is 29.6 Å². The minimum absolute atomic E-state index is 0.215. The van der Waals surface area contributed by atoms with Gasteiger partial charge < -0.3 is 5.73 Å². The Morgan fingerprint density at radius 2 is 1.79 bits per heavy atom. The van der Waals surface area contributed by atoms with Crippen molar-refractivity contribution in [3.8, 4) is 0 Å². The third-order valence-corrected chi connectivity index (χ3v) is 3.54. The lowest BCUT2D eigenvalue weighted by atomic mass is 10.2. The first kappa shape index (κ1) is 14.0. The van der Waals surface area contributed by atoms with Crippen molar-refractivity contribution < 1.29 is 9.59 Å². The maximum atomic E-state index is 12.0. The Morgan fingerprint density at radius 3 is 2.26 bits per heavy atom. The Bertz CT molecular complexity index is 542. The summed E-state index contributed by atoms with van der Waals surface area (Å²) >= 11 is 11.0. The molecule has 0 spiro atoms. The number of hydrogen-bond acceptors (Lipinski definition) is 3. The smallest absolute Gasteiger partial charge is 0.233 e. The number of carbonyl (C=O) groups excluding carboxylic acids is 2. The van der Waals surface area contributed by atoms with Crippen molar-refractivity contribution in [2.75, 3.05) is 4.90 Å². The Kier molecular flexibility index (Phi) is 4.17. The van der Waals surface area contributed by atoms with E-state index in [2.05, 4.69) is 0 Å². The fraction of sp³-hybridized carbons (Fsp3) is 0.308. The largest absolute Gasteiger partial charge is 0.389 e. The fourth-order valence-electron chi connectivity index (χ4n) is 2.03. The first-order valence-corrected chi connectivity index (χ1v) is 6.74. The SMILES string of the molecule is NC(=S)c1ccc(N2C(=O)CCCCC2=O)c(Cl)c1. The summed E-state index contributed by atoms with van der Waals surface area (Å²) in [6, 6.07) is 4.84. The van der Waals surface area contributed by atoms with E-state index in [0.29, 0.717) is 29.1 Å². The minimum atomic E-state index is -0.215. The molecular weight excluding hydrogens is 284 g/mol. The summed E-state index contributed by atoms with van der Waals surface area (Å²) in [5.74, 6) is -0.431. The highest BCUT2D eigenvalue weighted by atomic mass is 35.5. The van der Waals surface area contributed by atoms with Gasteiger partial charge in [-0.25, -0.2) is 4.90 Å². The number of benzene rings is 1. The Balaban J connectivity index is 2.42. The molecule has 0 aromatic heterocycles. The summed E-state index contributed by atoms with van der Waals surface area (Å²) in [4.78, 5) is 25.4. The van der Waals surface area contributed by atoms with Crippen molar-refractivity contribution in [3.05, 3.63) is 28.8 Å². The van der Waals surface area contributed by atoms with Crippen LogP contribution in [0.1, 0.15) is 31.2 Å². The number of thiocarbonyl (C=S) groups is 1. The molecule has 1 fully saturated rings. The van der Waals surface area contributed by atoms with Crippen molar-refractivity contribution in [2.24, 2.45) is 5.73 Å². The van der Waals surface area contributed by atoms with Gasteiger partial charge in [-0.1, -0.05) is 23.8 Å². The lowest BCUT2D eigenvalue weighted by Crippen LogP contribution is -2.35. The van der Waals surface area contributed by atoms with Crippen molar-refractivity contribution >= 4 is 46.3 Å². The number of halogens is 1. The van der Waals surface area contributed by atoms with Crippen LogP contribution in [0.5, 0.6) is 0 Å². The quantitative estimate of drug-likeness (QED) is 0.672. The van der Waals surface area contributed by atoms with Gasteiger partial charge in [0.1, 0.15) is 4.99 Å². The number of nitrogens with two attached hydrogens (primary N) is 1. The van der Waals surface area contributed by atoms with E-state index in [1.165, 1.54) is 4.90 Å². The van der Waals surface area contributed by atoms with Gasteiger partial charge in [-0.3, -0.25) is 9.59 Å². The normalized spacial score (nSPS) is 16.4. The minimum Gasteiger partial charge on any atom is -0.389 e. The van der Waals surface area contributed by atoms with E-state index in [1.807, 2.05) is 0 Å². The van der Waals surface area contributed by atoms with E-state index >= 15 is 0 Å². The molecule has 1 aliphatic rings. The van der Waals surface area contributed by atoms with Crippen LogP contribution in [0, 0.1) is 0 Å². The van der Waals surface area contributed by atoms with Crippen LogP contribution in [0.2, 0.25) is 5.02 Å². The molecule has 6 heteroatoms. The standard InChI is InChI=1S/C13H13ClN2O2S/c14-9-7-8(13(15)19)5-6-10(9)16-11(17)3-1-2-4-12(16)18/h5-7H,1-4H2,(H2,15,19). The summed E-state index contributed by atoms with van der Waals surface area (Å²) in [6.07, 6.45) is 2.17. The molecule has 2 amide bonds. The molecule has 1 saturated heterocycles. The Labute approximate surface area is 121 Å². The second-order valence-electron chi connectivity index (χ2n) is 4.36. The van der Waals surface area contributed by atoms with Crippen molar-refractivity contribution in [2.45, 2.75) is 25.7 Å². The maximum Gasteiger partial charge on any atom is 0.233 e. The van der Waals surface area contributed by atoms with E-state index in [1.54, 1.807) is 18.2 Å². The molecule has 0 aliphatic carbocycles. The van der Waals surface area contributed by atoms with Gasteiger partial charge in [0.05, 0.1) is 10.7 Å². The highest BCUT2D eigenvalue weighted by molar-refractivity contribution is 7.80. The molecule has 2 N–H and O–H groups in total. The first-order chi connectivity index (χ1) is 9.00. The van der Waals surface area contributed by atoms with Gasteiger partial charge in [-0.2, -0.15) is 0 Å². The zero-order valence-corrected chi connectivity index (χ0v) is 11.8. The number of rotatable bonds is 2. The molecular formula is C13H13ClN2O2S. The molecule has 2 rings (SSSR count). The third kappa shape index (κ3) is 2.93. The summed E-state index contributed by atoms with van der Waals surface area (Å²) in [5, 5.41) is 0.300. The molecule has 0 saturated carbocycles. The Morgan fingerprint density at radius 1 is 1.21 bits per heavy atom. The lowest BCUT2D eigenvalue weighted by molar-refractivity contribution is -0.125. The number of nitrogens with zero attached hydrogens (tertiary/aromatic N) is 1. The zero-order chi connectivity index (χ0) is 14.0. The monoisotopic (exact) mass is 296 g/mol. The van der Waals surface area contributed by atoms with E-state index in [-0.39, 0.29) is 16.8 Å². The second kappa shape index (κ2) is 5.67. The van der Waals surface area contributed by atoms with E-state index in [9.17, 15) is 9.59 Å². The molecule has 1 heterocycles. The second-order valence-corrected chi connectivity index (χ2v) is 5.21. The van der Waals surface area contributed by atoms with Crippen LogP contribution >= 0.6 is 23.8 Å². The van der Waals surface area contributed by atoms with Crippen LogP contribution in [0.25, 0.3) is 0 Å². The molecule has 0 atom stereocenters. The predicted octanol–water partition coefficient (Wildman–Crippen LogP) is 2.41. The molecule has 100 valence electrons. The third-order valence-electron chi connectivity index (χ3n) is 3.00. The highest BCUT2D eigenvalue weighted by Gasteiger charge is 2.27. The van der Waals surface area contributed by atoms with Crippen LogP contribution in [0.3, 0.4) is 0 Å². The van der Waals surface area contributed by atoms with Crippen molar-refractivity contribution in [1.29, 1.82) is 0 Å². The maximum absolute atomic E-state index is 12.0. The van der Waals surface area contributed by atoms with Crippen LogP contribution in [-0.4, -0.2) is 16.8 Å². The lowest BCUT2D eigenvalue weighted by Gasteiger charge is -2.20. The van der Waals surface area contributed by atoms with Crippen LogP contribution in [-0.2, 0) is 9.59 Å². The molecule has 1 aromatic carbocycles. The molecule has 0 bridgehead atoms. The zero-order valence-electron chi connectivity index (χ0n) is 10.2. The average Bonchev–Trinajstić information content (AvgIpc) is 2.51. The molecule has 19 heavy (non-hydrogen) atoms. The fourth-order valence-corrected chi connectivity index (χ4v) is 2.42. The number of imide groups is 1. The molecule has 1 aromatic rings. The van der Waals surface area contributed by atoms with Gasteiger partial charge in [-0.05, 0) is 31.0 Å². The number of amides is 2. The molecule has 4 nitrogen and oxygen atoms in total. The molecule has 0 unspecified atom stereocenters. The van der Waals surface area contributed by atoms with Crippen molar-refractivity contribution in [3.63, 3.8) is 0 Å². The Hall–Kier alpha value is -1.46. The van der Waals surface area contributed by atoms with Gasteiger partial charge in [0.25, 0.3) is 0 Å². The number of hydrogen-bond donors (Lipinski definition) is 1. The highest BCUT2D eigenvalue weighted by Crippen LogP contribution is 2.30. The van der Waals surface area contributed by atoms with Crippen LogP contribution in [0.4, 0.5) is 5.69 Å². The van der Waals surface area contributed by atoms with Crippen LogP contribution in [0.15, 0.2) is 18.2 Å². The first-order valence-electron chi connectivity index (χ1n) is 5.96. The summed E-state index contributed by atoms with van der Waals surface area (Å²) in [6.45, 7) is 0. The van der Waals surface area contributed by atoms with Gasteiger partial charge in [-0.15, -0.1) is 0 Å². The number of anilines is 1. The van der Waals surface area contributed by atoms with Gasteiger partial charge in [0, 0.05) is 18.4 Å². The predicted molar refractivity (Wildman–Crippen MR) is 78.3 cm³/mol. The summed E-state index contributed by atoms with van der Waals surface area (Å²) < 4.78 is 0. The summed E-state index contributed by atoms with van der Waals surface area (Å²) in [7, 11) is 0. The van der Waals surface area contributed by atoms with E-state index in [0.717, 1.165) is 12.8 Å². The van der Waals surface area contributed by atoms with Gasteiger partial charge >= 0.3 is 0 Å².